The second kappa shape index (κ2) is 6.42. The first kappa shape index (κ1) is 17.1. The second-order valence-corrected chi connectivity index (χ2v) is 7.56. The van der Waals surface area contributed by atoms with Gasteiger partial charge in [0.15, 0.2) is 5.65 Å². The molecule has 0 radical (unpaired) electrons. The van der Waals surface area contributed by atoms with Gasteiger partial charge >= 0.3 is 0 Å². The molecular weight excluding hydrogens is 322 g/mol. The van der Waals surface area contributed by atoms with E-state index in [9.17, 15) is 0 Å². The summed E-state index contributed by atoms with van der Waals surface area (Å²) in [7, 11) is 1.71. The van der Waals surface area contributed by atoms with E-state index >= 15 is 0 Å². The van der Waals surface area contributed by atoms with Crippen molar-refractivity contribution in [2.45, 2.75) is 53.0 Å². The molecule has 0 amide bonds. The zero-order valence-electron chi connectivity index (χ0n) is 16.3. The molecule has 1 aliphatic rings. The fourth-order valence-corrected chi connectivity index (χ4v) is 4.09. The van der Waals surface area contributed by atoms with Crippen molar-refractivity contribution < 1.29 is 4.74 Å². The third-order valence-electron chi connectivity index (χ3n) is 5.78. The first-order chi connectivity index (χ1) is 12.5. The van der Waals surface area contributed by atoms with E-state index in [4.69, 9.17) is 14.7 Å². The topological polar surface area (TPSA) is 39.9 Å². The lowest BCUT2D eigenvalue weighted by Gasteiger charge is -2.18. The van der Waals surface area contributed by atoms with E-state index in [2.05, 4.69) is 50.5 Å². The monoisotopic (exact) mass is 349 g/mol. The zero-order valence-corrected chi connectivity index (χ0v) is 16.3. The minimum Gasteiger partial charge on any atom is -0.468 e. The van der Waals surface area contributed by atoms with Crippen molar-refractivity contribution in [2.24, 2.45) is 5.92 Å². The highest BCUT2D eigenvalue weighted by atomic mass is 16.5. The lowest BCUT2D eigenvalue weighted by atomic mass is 9.95. The molecule has 0 aliphatic heterocycles. The van der Waals surface area contributed by atoms with Crippen LogP contribution in [0.3, 0.4) is 0 Å². The van der Waals surface area contributed by atoms with Gasteiger partial charge in [-0.3, -0.25) is 4.57 Å². The average Bonchev–Trinajstić information content (AvgIpc) is 3.39. The molecule has 0 saturated heterocycles. The van der Waals surface area contributed by atoms with E-state index in [0.717, 1.165) is 29.1 Å². The summed E-state index contributed by atoms with van der Waals surface area (Å²) < 4.78 is 7.90. The maximum absolute atomic E-state index is 5.67. The number of benzene rings is 1. The third-order valence-corrected chi connectivity index (χ3v) is 5.78. The highest BCUT2D eigenvalue weighted by molar-refractivity contribution is 5.91. The summed E-state index contributed by atoms with van der Waals surface area (Å²) in [6.45, 7) is 8.73. The summed E-state index contributed by atoms with van der Waals surface area (Å²) in [5.74, 6) is 0.722. The number of nitrogens with zero attached hydrogens (tertiary/aromatic N) is 3. The van der Waals surface area contributed by atoms with Gasteiger partial charge in [0.05, 0.1) is 7.11 Å². The second-order valence-electron chi connectivity index (χ2n) is 7.56. The van der Waals surface area contributed by atoms with E-state index in [1.54, 1.807) is 7.11 Å². The minimum absolute atomic E-state index is 0.415. The Kier molecular flexibility index (Phi) is 4.22. The Morgan fingerprint density at radius 1 is 1.12 bits per heavy atom. The summed E-state index contributed by atoms with van der Waals surface area (Å²) in [6.07, 6.45) is 5.55. The molecule has 0 spiro atoms. The van der Waals surface area contributed by atoms with Gasteiger partial charge in [0.1, 0.15) is 5.52 Å². The highest BCUT2D eigenvalue weighted by Gasteiger charge is 2.34. The van der Waals surface area contributed by atoms with E-state index in [1.165, 1.54) is 35.1 Å². The van der Waals surface area contributed by atoms with Gasteiger partial charge < -0.3 is 4.74 Å². The van der Waals surface area contributed by atoms with Crippen LogP contribution < -0.4 is 4.74 Å². The molecule has 1 atom stereocenters. The Bertz CT molecular complexity index is 969. The van der Waals surface area contributed by atoms with Gasteiger partial charge in [-0.2, -0.15) is 4.98 Å². The fourth-order valence-electron chi connectivity index (χ4n) is 4.09. The van der Waals surface area contributed by atoms with Crippen molar-refractivity contribution in [3.05, 3.63) is 41.1 Å². The van der Waals surface area contributed by atoms with Gasteiger partial charge in [-0.25, -0.2) is 4.98 Å². The molecule has 0 N–H and O–H groups in total. The predicted molar refractivity (Wildman–Crippen MR) is 106 cm³/mol. The molecule has 1 unspecified atom stereocenters. The van der Waals surface area contributed by atoms with Crippen LogP contribution in [0.2, 0.25) is 0 Å². The Morgan fingerprint density at radius 3 is 2.50 bits per heavy atom. The van der Waals surface area contributed by atoms with Crippen LogP contribution in [0.5, 0.6) is 6.01 Å². The van der Waals surface area contributed by atoms with Crippen molar-refractivity contribution in [2.75, 3.05) is 7.11 Å². The quantitative estimate of drug-likeness (QED) is 0.620. The van der Waals surface area contributed by atoms with Crippen LogP contribution in [0.15, 0.2) is 24.4 Å². The number of methoxy groups -OCH3 is 1. The normalized spacial score (nSPS) is 15.4. The van der Waals surface area contributed by atoms with Gasteiger partial charge in [0, 0.05) is 17.8 Å². The number of fused-ring (bicyclic) bond motifs is 1. The zero-order chi connectivity index (χ0) is 18.4. The molecule has 4 nitrogen and oxygen atoms in total. The Hall–Kier alpha value is -2.36. The van der Waals surface area contributed by atoms with Gasteiger partial charge in [0.25, 0.3) is 6.01 Å². The van der Waals surface area contributed by atoms with E-state index in [-0.39, 0.29) is 0 Å². The summed E-state index contributed by atoms with van der Waals surface area (Å²) in [5.41, 5.74) is 8.13. The van der Waals surface area contributed by atoms with Crippen LogP contribution in [0, 0.1) is 26.7 Å². The number of pyridine rings is 1. The van der Waals surface area contributed by atoms with Gasteiger partial charge in [-0.05, 0) is 74.3 Å². The Balaban J connectivity index is 1.96. The standard InChI is InChI=1S/C22H27N3O/c1-6-19(16-7-8-16)25-21-20(24-22(25)26-5)17(9-10-23-21)18-12-14(3)13(2)11-15(18)4/h9-12,16,19H,6-8H2,1-5H3. The van der Waals surface area contributed by atoms with Crippen molar-refractivity contribution in [1.29, 1.82) is 0 Å². The number of aryl methyl sites for hydroxylation is 3. The third kappa shape index (κ3) is 2.68. The summed E-state index contributed by atoms with van der Waals surface area (Å²) in [6, 6.07) is 7.69. The lowest BCUT2D eigenvalue weighted by molar-refractivity contribution is 0.322. The Morgan fingerprint density at radius 2 is 1.85 bits per heavy atom. The summed E-state index contributed by atoms with van der Waals surface area (Å²) in [5, 5.41) is 0. The molecule has 3 aromatic rings. The van der Waals surface area contributed by atoms with Crippen LogP contribution in [0.1, 0.15) is 48.9 Å². The molecular formula is C22H27N3O. The largest absolute Gasteiger partial charge is 0.468 e. The number of hydrogen-bond donors (Lipinski definition) is 0. The van der Waals surface area contributed by atoms with E-state index in [1.807, 2.05) is 6.20 Å². The van der Waals surface area contributed by atoms with Crippen molar-refractivity contribution in [3.63, 3.8) is 0 Å². The molecule has 4 heteroatoms. The van der Waals surface area contributed by atoms with Gasteiger partial charge in [-0.15, -0.1) is 0 Å². The first-order valence-electron chi connectivity index (χ1n) is 9.54. The molecule has 2 heterocycles. The van der Waals surface area contributed by atoms with Gasteiger partial charge in [0.2, 0.25) is 0 Å². The van der Waals surface area contributed by atoms with Crippen LogP contribution in [0.25, 0.3) is 22.3 Å². The summed E-state index contributed by atoms with van der Waals surface area (Å²) in [4.78, 5) is 9.56. The molecule has 0 bridgehead atoms. The summed E-state index contributed by atoms with van der Waals surface area (Å²) >= 11 is 0. The molecule has 1 aliphatic carbocycles. The molecule has 136 valence electrons. The average molecular weight is 349 g/mol. The Labute approximate surface area is 155 Å². The minimum atomic E-state index is 0.415. The molecule has 26 heavy (non-hydrogen) atoms. The van der Waals surface area contributed by atoms with Crippen LogP contribution >= 0.6 is 0 Å². The lowest BCUT2D eigenvalue weighted by Crippen LogP contribution is -2.12. The van der Waals surface area contributed by atoms with Crippen LogP contribution in [-0.2, 0) is 0 Å². The molecule has 4 rings (SSSR count). The first-order valence-corrected chi connectivity index (χ1v) is 9.54. The smallest absolute Gasteiger partial charge is 0.298 e. The SMILES string of the molecule is CCC(C1CC1)n1c(OC)nc2c(-c3cc(C)c(C)cc3C)ccnc21. The number of imidazole rings is 1. The maximum Gasteiger partial charge on any atom is 0.298 e. The number of aromatic nitrogens is 3. The van der Waals surface area contributed by atoms with Gasteiger partial charge in [-0.1, -0.05) is 19.1 Å². The maximum atomic E-state index is 5.67. The fraction of sp³-hybridized carbons (Fsp3) is 0.455. The van der Waals surface area contributed by atoms with Crippen molar-refractivity contribution in [1.82, 2.24) is 14.5 Å². The predicted octanol–water partition coefficient (Wildman–Crippen LogP) is 5.39. The van der Waals surface area contributed by atoms with Crippen molar-refractivity contribution in [3.8, 4) is 17.1 Å². The molecule has 1 aromatic carbocycles. The van der Waals surface area contributed by atoms with Crippen LogP contribution in [0.4, 0.5) is 0 Å². The molecule has 1 saturated carbocycles. The van der Waals surface area contributed by atoms with Crippen LogP contribution in [-0.4, -0.2) is 21.6 Å². The van der Waals surface area contributed by atoms with E-state index < -0.39 is 0 Å². The highest BCUT2D eigenvalue weighted by Crippen LogP contribution is 2.45. The number of hydrogen-bond acceptors (Lipinski definition) is 3. The molecule has 2 aromatic heterocycles. The van der Waals surface area contributed by atoms with E-state index in [0.29, 0.717) is 12.1 Å². The number of ether oxygens (including phenoxy) is 1. The number of rotatable bonds is 5. The molecule has 1 fully saturated rings. The van der Waals surface area contributed by atoms with Crippen molar-refractivity contribution >= 4 is 11.2 Å².